The van der Waals surface area contributed by atoms with E-state index in [9.17, 15) is 4.79 Å². The predicted octanol–water partition coefficient (Wildman–Crippen LogP) is 6.53. The highest BCUT2D eigenvalue weighted by atomic mass is 32.2. The number of rotatable bonds is 9. The fourth-order valence-electron chi connectivity index (χ4n) is 4.02. The summed E-state index contributed by atoms with van der Waals surface area (Å²) >= 11 is 1.31. The van der Waals surface area contributed by atoms with Gasteiger partial charge in [-0.1, -0.05) is 133 Å². The highest BCUT2D eigenvalue weighted by Crippen LogP contribution is 2.29. The van der Waals surface area contributed by atoms with Crippen molar-refractivity contribution in [2.75, 3.05) is 5.75 Å². The molecule has 0 aliphatic carbocycles. The number of thioether (sulfide) groups is 1. The molecule has 182 valence electrons. The smallest absolute Gasteiger partial charge is 0.233 e. The molecule has 0 unspecified atom stereocenters. The molecule has 0 atom stereocenters. The maximum Gasteiger partial charge on any atom is 0.233 e. The molecule has 37 heavy (non-hydrogen) atoms. The quantitative estimate of drug-likeness (QED) is 0.215. The van der Waals surface area contributed by atoms with Gasteiger partial charge in [-0.25, -0.2) is 4.98 Å². The third kappa shape index (κ3) is 6.48. The molecule has 0 saturated carbocycles. The van der Waals surface area contributed by atoms with Crippen LogP contribution < -0.4 is 0 Å². The summed E-state index contributed by atoms with van der Waals surface area (Å²) in [6, 6.07) is 40.0. The Balaban J connectivity index is 1.37. The van der Waals surface area contributed by atoms with Crippen LogP contribution in [0.4, 0.5) is 0 Å². The maximum absolute atomic E-state index is 13.4. The SMILES string of the molecule is O=C(CSc1nnc(-c2ccccc2)c(-c2ccccc2)n1)N(Cc1ccccc1)Cc1ccccc1. The standard InChI is InChI=1S/C31H26N4OS/c36-28(35(21-24-13-5-1-6-14-24)22-25-15-7-2-8-16-25)23-37-31-32-29(26-17-9-3-10-18-26)30(33-34-31)27-19-11-4-12-20-27/h1-20H,21-23H2. The van der Waals surface area contributed by atoms with E-state index < -0.39 is 0 Å². The molecule has 0 radical (unpaired) electrons. The van der Waals surface area contributed by atoms with E-state index >= 15 is 0 Å². The van der Waals surface area contributed by atoms with Crippen LogP contribution in [0.1, 0.15) is 11.1 Å². The first-order valence-electron chi connectivity index (χ1n) is 12.1. The number of hydrogen-bond acceptors (Lipinski definition) is 5. The molecule has 5 nitrogen and oxygen atoms in total. The average Bonchev–Trinajstić information content (AvgIpc) is 2.97. The minimum atomic E-state index is 0.0229. The molecule has 0 spiro atoms. The van der Waals surface area contributed by atoms with Crippen molar-refractivity contribution in [2.45, 2.75) is 18.2 Å². The van der Waals surface area contributed by atoms with Gasteiger partial charge in [0.15, 0.2) is 0 Å². The second-order valence-corrected chi connectivity index (χ2v) is 9.48. The van der Waals surface area contributed by atoms with E-state index in [1.807, 2.05) is 126 Å². The molecular weight excluding hydrogens is 476 g/mol. The lowest BCUT2D eigenvalue weighted by molar-refractivity contribution is -0.129. The van der Waals surface area contributed by atoms with Crippen molar-refractivity contribution < 1.29 is 4.79 Å². The first-order chi connectivity index (χ1) is 18.3. The lowest BCUT2D eigenvalue weighted by Gasteiger charge is -2.23. The molecule has 1 aromatic heterocycles. The topological polar surface area (TPSA) is 59.0 Å². The Morgan fingerprint density at radius 3 is 1.57 bits per heavy atom. The van der Waals surface area contributed by atoms with Gasteiger partial charge < -0.3 is 4.90 Å². The van der Waals surface area contributed by atoms with Crippen molar-refractivity contribution in [3.63, 3.8) is 0 Å². The summed E-state index contributed by atoms with van der Waals surface area (Å²) < 4.78 is 0. The Morgan fingerprint density at radius 2 is 1.05 bits per heavy atom. The predicted molar refractivity (Wildman–Crippen MR) is 149 cm³/mol. The molecule has 5 rings (SSSR count). The fraction of sp³-hybridized carbons (Fsp3) is 0.0968. The zero-order valence-electron chi connectivity index (χ0n) is 20.3. The second kappa shape index (κ2) is 12.1. The number of hydrogen-bond donors (Lipinski definition) is 0. The van der Waals surface area contributed by atoms with Gasteiger partial charge in [0.1, 0.15) is 11.4 Å². The largest absolute Gasteiger partial charge is 0.333 e. The van der Waals surface area contributed by atoms with Crippen LogP contribution in [0.15, 0.2) is 126 Å². The highest BCUT2D eigenvalue weighted by molar-refractivity contribution is 7.99. The Kier molecular flexibility index (Phi) is 7.98. The molecule has 6 heteroatoms. The molecule has 5 aromatic rings. The number of benzene rings is 4. The first kappa shape index (κ1) is 24.4. The van der Waals surface area contributed by atoms with Gasteiger partial charge in [-0.2, -0.15) is 0 Å². The molecule has 1 amide bonds. The summed E-state index contributed by atoms with van der Waals surface area (Å²) in [6.45, 7) is 1.08. The summed E-state index contributed by atoms with van der Waals surface area (Å²) in [6.07, 6.45) is 0. The zero-order chi connectivity index (χ0) is 25.3. The maximum atomic E-state index is 13.4. The lowest BCUT2D eigenvalue weighted by atomic mass is 10.0. The lowest BCUT2D eigenvalue weighted by Crippen LogP contribution is -2.31. The summed E-state index contributed by atoms with van der Waals surface area (Å²) in [5.41, 5.74) is 5.56. The molecule has 0 aliphatic rings. The van der Waals surface area contributed by atoms with E-state index in [2.05, 4.69) is 10.2 Å². The van der Waals surface area contributed by atoms with E-state index in [0.717, 1.165) is 33.6 Å². The van der Waals surface area contributed by atoms with Gasteiger partial charge in [-0.3, -0.25) is 4.79 Å². The van der Waals surface area contributed by atoms with Crippen LogP contribution >= 0.6 is 11.8 Å². The van der Waals surface area contributed by atoms with Crippen LogP contribution in [-0.4, -0.2) is 31.7 Å². The van der Waals surface area contributed by atoms with E-state index in [1.54, 1.807) is 0 Å². The number of carbonyl (C=O) groups excluding carboxylic acids is 1. The zero-order valence-corrected chi connectivity index (χ0v) is 21.1. The van der Waals surface area contributed by atoms with Gasteiger partial charge in [0, 0.05) is 24.2 Å². The van der Waals surface area contributed by atoms with Crippen LogP contribution in [0.25, 0.3) is 22.5 Å². The monoisotopic (exact) mass is 502 g/mol. The summed E-state index contributed by atoms with van der Waals surface area (Å²) in [7, 11) is 0. The van der Waals surface area contributed by atoms with Crippen molar-refractivity contribution in [1.29, 1.82) is 0 Å². The Bertz CT molecular complexity index is 1390. The fourth-order valence-corrected chi connectivity index (χ4v) is 4.71. The van der Waals surface area contributed by atoms with E-state index in [0.29, 0.717) is 18.2 Å². The van der Waals surface area contributed by atoms with Gasteiger partial charge in [0.05, 0.1) is 5.75 Å². The molecule has 4 aromatic carbocycles. The molecule has 0 saturated heterocycles. The minimum Gasteiger partial charge on any atom is -0.333 e. The Morgan fingerprint density at radius 1 is 0.595 bits per heavy atom. The van der Waals surface area contributed by atoms with Gasteiger partial charge in [0.25, 0.3) is 0 Å². The molecule has 0 aliphatic heterocycles. The van der Waals surface area contributed by atoms with Crippen molar-refractivity contribution in [3.8, 4) is 22.5 Å². The second-order valence-electron chi connectivity index (χ2n) is 8.53. The van der Waals surface area contributed by atoms with Crippen molar-refractivity contribution >= 4 is 17.7 Å². The normalized spacial score (nSPS) is 10.7. The molecular formula is C31H26N4OS. The summed E-state index contributed by atoms with van der Waals surface area (Å²) in [5.74, 6) is 0.245. The third-order valence-corrected chi connectivity index (χ3v) is 6.69. The Labute approximate surface area is 221 Å². The van der Waals surface area contributed by atoms with Gasteiger partial charge in [-0.15, -0.1) is 10.2 Å². The summed E-state index contributed by atoms with van der Waals surface area (Å²) in [5, 5.41) is 9.37. The molecule has 0 bridgehead atoms. The molecule has 0 fully saturated rings. The van der Waals surface area contributed by atoms with Gasteiger partial charge >= 0.3 is 0 Å². The number of amides is 1. The van der Waals surface area contributed by atoms with Crippen molar-refractivity contribution in [3.05, 3.63) is 132 Å². The van der Waals surface area contributed by atoms with Crippen LogP contribution in [0, 0.1) is 0 Å². The van der Waals surface area contributed by atoms with Crippen LogP contribution in [0.2, 0.25) is 0 Å². The Hall–Kier alpha value is -4.29. The highest BCUT2D eigenvalue weighted by Gasteiger charge is 2.18. The van der Waals surface area contributed by atoms with Gasteiger partial charge in [-0.05, 0) is 11.1 Å². The van der Waals surface area contributed by atoms with E-state index in [4.69, 9.17) is 4.98 Å². The number of carbonyl (C=O) groups is 1. The van der Waals surface area contributed by atoms with Crippen molar-refractivity contribution in [1.82, 2.24) is 20.1 Å². The van der Waals surface area contributed by atoms with Crippen LogP contribution in [-0.2, 0) is 17.9 Å². The third-order valence-electron chi connectivity index (χ3n) is 5.87. The van der Waals surface area contributed by atoms with Crippen molar-refractivity contribution in [2.24, 2.45) is 0 Å². The van der Waals surface area contributed by atoms with Crippen LogP contribution in [0.5, 0.6) is 0 Å². The van der Waals surface area contributed by atoms with Crippen LogP contribution in [0.3, 0.4) is 0 Å². The molecule has 1 heterocycles. The first-order valence-corrected chi connectivity index (χ1v) is 13.1. The number of nitrogens with zero attached hydrogens (tertiary/aromatic N) is 4. The minimum absolute atomic E-state index is 0.0229. The molecule has 0 N–H and O–H groups in total. The van der Waals surface area contributed by atoms with E-state index in [1.165, 1.54) is 11.8 Å². The summed E-state index contributed by atoms with van der Waals surface area (Å²) in [4.78, 5) is 20.1. The van der Waals surface area contributed by atoms with E-state index in [-0.39, 0.29) is 11.7 Å². The average molecular weight is 503 g/mol. The van der Waals surface area contributed by atoms with Gasteiger partial charge in [0.2, 0.25) is 11.1 Å². The number of aromatic nitrogens is 3.